The fourth-order valence-electron chi connectivity index (χ4n) is 2.02. The van der Waals surface area contributed by atoms with Crippen LogP contribution in [0.4, 0.5) is 10.1 Å². The smallest absolute Gasteiger partial charge is 0.146 e. The molecule has 1 fully saturated rings. The summed E-state index contributed by atoms with van der Waals surface area (Å²) in [7, 11) is 0. The highest BCUT2D eigenvalue weighted by atomic mass is 19.1. The van der Waals surface area contributed by atoms with Crippen LogP contribution in [0.3, 0.4) is 0 Å². The highest BCUT2D eigenvalue weighted by Crippen LogP contribution is 2.27. The van der Waals surface area contributed by atoms with Gasteiger partial charge in [0.15, 0.2) is 0 Å². The monoisotopic (exact) mass is 247 g/mol. The first kappa shape index (κ1) is 11.1. The molecule has 1 heterocycles. The summed E-state index contributed by atoms with van der Waals surface area (Å²) in [4.78, 5) is 0. The van der Waals surface area contributed by atoms with E-state index in [9.17, 15) is 4.39 Å². The summed E-state index contributed by atoms with van der Waals surface area (Å²) >= 11 is 0. The predicted octanol–water partition coefficient (Wildman–Crippen LogP) is 2.01. The van der Waals surface area contributed by atoms with Crippen LogP contribution in [0.5, 0.6) is 0 Å². The zero-order valence-electron chi connectivity index (χ0n) is 9.88. The Morgan fingerprint density at radius 1 is 1.39 bits per heavy atom. The van der Waals surface area contributed by atoms with E-state index in [-0.39, 0.29) is 5.82 Å². The van der Waals surface area contributed by atoms with Crippen LogP contribution < -0.4 is 5.32 Å². The summed E-state index contributed by atoms with van der Waals surface area (Å²) in [6.07, 6.45) is 5.26. The van der Waals surface area contributed by atoms with E-state index in [2.05, 4.69) is 20.8 Å². The fourth-order valence-corrected chi connectivity index (χ4v) is 2.02. The van der Waals surface area contributed by atoms with Gasteiger partial charge in [0.25, 0.3) is 0 Å². The summed E-state index contributed by atoms with van der Waals surface area (Å²) in [5.41, 5.74) is 1.26. The molecule has 1 aromatic heterocycles. The van der Waals surface area contributed by atoms with E-state index in [1.165, 1.54) is 36.3 Å². The summed E-state index contributed by atoms with van der Waals surface area (Å²) < 4.78 is 15.2. The second-order valence-electron chi connectivity index (χ2n) is 4.60. The first-order valence-corrected chi connectivity index (χ1v) is 6.10. The maximum atomic E-state index is 13.7. The molecule has 1 N–H and O–H groups in total. The maximum Gasteiger partial charge on any atom is 0.146 e. The van der Waals surface area contributed by atoms with Gasteiger partial charge in [0.1, 0.15) is 12.1 Å². The van der Waals surface area contributed by atoms with Crippen LogP contribution in [-0.4, -0.2) is 26.8 Å². The molecule has 0 bridgehead atoms. The summed E-state index contributed by atoms with van der Waals surface area (Å²) in [6.45, 7) is 0.829. The van der Waals surface area contributed by atoms with Crippen LogP contribution in [0.25, 0.3) is 5.69 Å². The standard InChI is InChI=1S/C12H14FN5/c13-11-5-4-10(18-8-15-16-17-18)6-12(11)14-7-9-2-1-3-9/h4-6,8-9,14H,1-3,7H2. The molecule has 2 aromatic rings. The molecule has 1 aliphatic rings. The van der Waals surface area contributed by atoms with Gasteiger partial charge < -0.3 is 5.32 Å². The fraction of sp³-hybridized carbons (Fsp3) is 0.417. The number of hydrogen-bond acceptors (Lipinski definition) is 4. The largest absolute Gasteiger partial charge is 0.382 e. The summed E-state index contributed by atoms with van der Waals surface area (Å²) in [5.74, 6) is 0.437. The van der Waals surface area contributed by atoms with Gasteiger partial charge in [0.05, 0.1) is 11.4 Å². The lowest BCUT2D eigenvalue weighted by molar-refractivity contribution is 0.333. The molecule has 0 atom stereocenters. The number of benzene rings is 1. The number of halogens is 1. The average molecular weight is 247 g/mol. The molecule has 1 aliphatic carbocycles. The molecular formula is C12H14FN5. The second-order valence-corrected chi connectivity index (χ2v) is 4.60. The van der Waals surface area contributed by atoms with Crippen molar-refractivity contribution < 1.29 is 4.39 Å². The molecule has 3 rings (SSSR count). The molecule has 0 saturated heterocycles. The molecule has 6 heteroatoms. The first-order valence-electron chi connectivity index (χ1n) is 6.10. The Labute approximate surface area is 104 Å². The van der Waals surface area contributed by atoms with Gasteiger partial charge in [-0.25, -0.2) is 9.07 Å². The Kier molecular flexibility index (Phi) is 2.92. The van der Waals surface area contributed by atoms with Gasteiger partial charge >= 0.3 is 0 Å². The van der Waals surface area contributed by atoms with Gasteiger partial charge in [-0.05, 0) is 47.4 Å². The number of hydrogen-bond donors (Lipinski definition) is 1. The minimum atomic E-state index is -0.244. The molecule has 5 nitrogen and oxygen atoms in total. The maximum absolute atomic E-state index is 13.7. The van der Waals surface area contributed by atoms with Gasteiger partial charge in [-0.2, -0.15) is 0 Å². The minimum absolute atomic E-state index is 0.244. The minimum Gasteiger partial charge on any atom is -0.382 e. The third-order valence-electron chi connectivity index (χ3n) is 3.37. The predicted molar refractivity (Wildman–Crippen MR) is 64.9 cm³/mol. The number of tetrazole rings is 1. The number of anilines is 1. The van der Waals surface area contributed by atoms with Crippen molar-refractivity contribution in [2.75, 3.05) is 11.9 Å². The molecule has 0 spiro atoms. The van der Waals surface area contributed by atoms with Crippen molar-refractivity contribution in [3.8, 4) is 5.69 Å². The SMILES string of the molecule is Fc1ccc(-n2cnnn2)cc1NCC1CCC1. The van der Waals surface area contributed by atoms with Gasteiger partial charge in [-0.3, -0.25) is 0 Å². The van der Waals surface area contributed by atoms with Crippen molar-refractivity contribution in [2.24, 2.45) is 5.92 Å². The molecule has 18 heavy (non-hydrogen) atoms. The molecule has 94 valence electrons. The van der Waals surface area contributed by atoms with E-state index >= 15 is 0 Å². The molecule has 0 unspecified atom stereocenters. The van der Waals surface area contributed by atoms with E-state index in [1.807, 2.05) is 0 Å². The number of rotatable bonds is 4. The average Bonchev–Trinajstić information content (AvgIpc) is 2.83. The summed E-state index contributed by atoms with van der Waals surface area (Å²) in [5, 5.41) is 14.1. The number of aromatic nitrogens is 4. The highest BCUT2D eigenvalue weighted by molar-refractivity contribution is 5.52. The number of nitrogens with zero attached hydrogens (tertiary/aromatic N) is 4. The van der Waals surface area contributed by atoms with Gasteiger partial charge in [-0.1, -0.05) is 6.42 Å². The summed E-state index contributed by atoms with van der Waals surface area (Å²) in [6, 6.07) is 4.81. The lowest BCUT2D eigenvalue weighted by Crippen LogP contribution is -2.21. The van der Waals surface area contributed by atoms with E-state index < -0.39 is 0 Å². The van der Waals surface area contributed by atoms with Crippen LogP contribution in [0.1, 0.15) is 19.3 Å². The van der Waals surface area contributed by atoms with Crippen LogP contribution in [-0.2, 0) is 0 Å². The van der Waals surface area contributed by atoms with Gasteiger partial charge in [0, 0.05) is 6.54 Å². The topological polar surface area (TPSA) is 55.6 Å². The third-order valence-corrected chi connectivity index (χ3v) is 3.37. The van der Waals surface area contributed by atoms with Gasteiger partial charge in [0.2, 0.25) is 0 Å². The Bertz CT molecular complexity index is 521. The molecule has 0 aliphatic heterocycles. The lowest BCUT2D eigenvalue weighted by atomic mass is 9.85. The Morgan fingerprint density at radius 2 is 2.28 bits per heavy atom. The van der Waals surface area contributed by atoms with Crippen molar-refractivity contribution in [3.05, 3.63) is 30.3 Å². The van der Waals surface area contributed by atoms with Crippen LogP contribution in [0.15, 0.2) is 24.5 Å². The van der Waals surface area contributed by atoms with E-state index in [0.717, 1.165) is 12.2 Å². The van der Waals surface area contributed by atoms with Crippen molar-refractivity contribution in [2.45, 2.75) is 19.3 Å². The first-order chi connectivity index (χ1) is 8.83. The highest BCUT2D eigenvalue weighted by Gasteiger charge is 2.17. The molecule has 0 radical (unpaired) electrons. The second kappa shape index (κ2) is 4.72. The lowest BCUT2D eigenvalue weighted by Gasteiger charge is -2.26. The van der Waals surface area contributed by atoms with E-state index in [0.29, 0.717) is 11.6 Å². The van der Waals surface area contributed by atoms with Crippen LogP contribution >= 0.6 is 0 Å². The molecule has 0 amide bonds. The Hall–Kier alpha value is -1.98. The van der Waals surface area contributed by atoms with Gasteiger partial charge in [-0.15, -0.1) is 5.10 Å². The zero-order chi connectivity index (χ0) is 12.4. The Balaban J connectivity index is 1.77. The normalized spacial score (nSPS) is 15.4. The zero-order valence-corrected chi connectivity index (χ0v) is 9.88. The van der Waals surface area contributed by atoms with Crippen molar-refractivity contribution >= 4 is 5.69 Å². The quantitative estimate of drug-likeness (QED) is 0.898. The third kappa shape index (κ3) is 2.18. The molecule has 1 aromatic carbocycles. The van der Waals surface area contributed by atoms with Crippen LogP contribution in [0, 0.1) is 11.7 Å². The van der Waals surface area contributed by atoms with E-state index in [1.54, 1.807) is 12.1 Å². The number of nitrogens with one attached hydrogen (secondary N) is 1. The van der Waals surface area contributed by atoms with Crippen LogP contribution in [0.2, 0.25) is 0 Å². The van der Waals surface area contributed by atoms with Crippen molar-refractivity contribution in [1.82, 2.24) is 20.2 Å². The molecular weight excluding hydrogens is 233 g/mol. The van der Waals surface area contributed by atoms with Crippen molar-refractivity contribution in [3.63, 3.8) is 0 Å². The Morgan fingerprint density at radius 3 is 2.94 bits per heavy atom. The molecule has 1 saturated carbocycles. The van der Waals surface area contributed by atoms with Crippen molar-refractivity contribution in [1.29, 1.82) is 0 Å². The van der Waals surface area contributed by atoms with E-state index in [4.69, 9.17) is 0 Å².